The summed E-state index contributed by atoms with van der Waals surface area (Å²) in [4.78, 5) is 3.09. The molecule has 2 aromatic rings. The van der Waals surface area contributed by atoms with E-state index in [1.54, 1.807) is 26.6 Å². The predicted molar refractivity (Wildman–Crippen MR) is 216 cm³/mol. The zero-order valence-corrected chi connectivity index (χ0v) is 38.7. The Bertz CT molecular complexity index is 1060. The minimum absolute atomic E-state index is 0.703. The molecule has 1 aliphatic rings. The molecule has 0 atom stereocenters. The third-order valence-corrected chi connectivity index (χ3v) is 49.7. The third kappa shape index (κ3) is 11.0. The van der Waals surface area contributed by atoms with Crippen molar-refractivity contribution >= 4 is 65.2 Å². The van der Waals surface area contributed by atoms with E-state index in [0.717, 1.165) is 12.4 Å². The van der Waals surface area contributed by atoms with Crippen molar-refractivity contribution in [1.29, 1.82) is 0 Å². The quantitative estimate of drug-likeness (QED) is 0.0692. The Hall–Kier alpha value is 0.597. The van der Waals surface area contributed by atoms with E-state index in [1.807, 2.05) is 2.89 Å². The van der Waals surface area contributed by atoms with Gasteiger partial charge in [-0.25, -0.2) is 0 Å². The van der Waals surface area contributed by atoms with Gasteiger partial charge in [0.1, 0.15) is 0 Å². The van der Waals surface area contributed by atoms with Gasteiger partial charge in [0, 0.05) is 0 Å². The van der Waals surface area contributed by atoms with Crippen LogP contribution in [0, 0.1) is 0 Å². The van der Waals surface area contributed by atoms with Gasteiger partial charge in [0.15, 0.2) is 0 Å². The van der Waals surface area contributed by atoms with Gasteiger partial charge in [-0.2, -0.15) is 0 Å². The molecule has 0 N–H and O–H groups in total. The van der Waals surface area contributed by atoms with Crippen molar-refractivity contribution in [3.05, 3.63) is 11.6 Å². The van der Waals surface area contributed by atoms with Crippen molar-refractivity contribution in [3.8, 4) is 21.3 Å². The molecule has 1 aliphatic heterocycles. The van der Waals surface area contributed by atoms with Crippen LogP contribution in [0.4, 0.5) is 0 Å². The maximum absolute atomic E-state index is 6.74. The number of hydrogen-bond donors (Lipinski definition) is 0. The van der Waals surface area contributed by atoms with E-state index in [9.17, 15) is 0 Å². The van der Waals surface area contributed by atoms with Crippen LogP contribution in [0.5, 0.6) is 11.5 Å². The van der Waals surface area contributed by atoms with E-state index >= 15 is 0 Å². The SMILES string of the molecule is CCCCCCc1c[c]([Sn]([CH2]CCC)([CH2]CCC)[CH2]CCC)sc1-c1s[c]([Sn]([CH2]CCC)([CH2]CCC)[CH2]CCC)c2c1OCCO2. The second-order valence-corrected chi connectivity index (χ2v) is 44.9. The first-order chi connectivity index (χ1) is 22.5. The van der Waals surface area contributed by atoms with Crippen molar-refractivity contribution in [1.82, 2.24) is 0 Å². The molecule has 6 heteroatoms. The zero-order chi connectivity index (χ0) is 33.3. The molecule has 3 heterocycles. The fourth-order valence-corrected chi connectivity index (χ4v) is 49.1. The number of aryl methyl sites for hydroxylation is 1. The molecule has 0 aliphatic carbocycles. The van der Waals surface area contributed by atoms with Crippen LogP contribution in [0.15, 0.2) is 6.07 Å². The number of thiophene rings is 2. The van der Waals surface area contributed by atoms with Crippen molar-refractivity contribution < 1.29 is 9.47 Å². The van der Waals surface area contributed by atoms with Crippen LogP contribution < -0.4 is 15.3 Å². The molecule has 0 amide bonds. The Morgan fingerprint density at radius 3 is 1.43 bits per heavy atom. The molecular weight excluding hydrogens is 814 g/mol. The van der Waals surface area contributed by atoms with Crippen molar-refractivity contribution in [2.75, 3.05) is 13.2 Å². The molecule has 0 saturated heterocycles. The Kier molecular flexibility index (Phi) is 20.0. The molecule has 0 spiro atoms. The normalized spacial score (nSPS) is 13.5. The van der Waals surface area contributed by atoms with Gasteiger partial charge in [-0.05, 0) is 0 Å². The average molecular weight is 887 g/mol. The van der Waals surface area contributed by atoms with E-state index in [0.29, 0.717) is 6.61 Å². The molecule has 0 bridgehead atoms. The molecule has 264 valence electrons. The standard InChI is InChI=1S/C16H18O2S2.6C4H9.2Sn/c1-2-3-4-5-6-12-7-10-19-15(12)16-14-13(11-20-16)17-8-9-18-14;6*1-3-4-2;;/h7H,2-6,8-9H2,1H3;6*1,3-4H2,2H3;;. The minimum atomic E-state index is -2.73. The zero-order valence-electron chi connectivity index (χ0n) is 31.4. The summed E-state index contributed by atoms with van der Waals surface area (Å²) in [6.45, 7) is 18.2. The molecule has 0 saturated carbocycles. The Morgan fingerprint density at radius 1 is 0.500 bits per heavy atom. The fourth-order valence-electron chi connectivity index (χ4n) is 7.81. The molecule has 0 aromatic carbocycles. The summed E-state index contributed by atoms with van der Waals surface area (Å²) in [6.07, 6.45) is 23.0. The molecule has 2 nitrogen and oxygen atoms in total. The van der Waals surface area contributed by atoms with Crippen LogP contribution in [0.25, 0.3) is 9.75 Å². The van der Waals surface area contributed by atoms with E-state index in [-0.39, 0.29) is 0 Å². The summed E-state index contributed by atoms with van der Waals surface area (Å²) in [5.41, 5.74) is 1.67. The van der Waals surface area contributed by atoms with Crippen LogP contribution in [0.2, 0.25) is 26.6 Å². The molecule has 0 radical (unpaired) electrons. The van der Waals surface area contributed by atoms with Gasteiger partial charge >= 0.3 is 305 Å². The van der Waals surface area contributed by atoms with Crippen LogP contribution in [0.3, 0.4) is 0 Å². The first-order valence-corrected chi connectivity index (χ1v) is 36.7. The second-order valence-electron chi connectivity index (χ2n) is 14.6. The first-order valence-electron chi connectivity index (χ1n) is 20.1. The van der Waals surface area contributed by atoms with E-state index < -0.39 is 36.8 Å². The summed E-state index contributed by atoms with van der Waals surface area (Å²) in [6, 6.07) is 2.82. The van der Waals surface area contributed by atoms with Crippen molar-refractivity contribution in [2.45, 2.75) is 184 Å². The predicted octanol–water partition coefficient (Wildman–Crippen LogP) is 13.5. The summed E-state index contributed by atoms with van der Waals surface area (Å²) < 4.78 is 26.3. The number of hydrogen-bond acceptors (Lipinski definition) is 4. The molecule has 0 unspecified atom stereocenters. The number of unbranched alkanes of at least 4 members (excludes halogenated alkanes) is 9. The Morgan fingerprint density at radius 2 is 0.957 bits per heavy atom. The molecule has 3 rings (SSSR count). The number of fused-ring (bicyclic) bond motifs is 1. The van der Waals surface area contributed by atoms with Crippen LogP contribution in [-0.4, -0.2) is 50.0 Å². The third-order valence-electron chi connectivity index (χ3n) is 10.8. The van der Waals surface area contributed by atoms with Gasteiger partial charge in [-0.1, -0.05) is 0 Å². The Balaban J connectivity index is 2.25. The van der Waals surface area contributed by atoms with Crippen LogP contribution >= 0.6 is 22.7 Å². The van der Waals surface area contributed by atoms with Gasteiger partial charge in [-0.3, -0.25) is 0 Å². The summed E-state index contributed by atoms with van der Waals surface area (Å²) in [5, 5.41) is 0. The second kappa shape index (κ2) is 22.4. The molecule has 46 heavy (non-hydrogen) atoms. The van der Waals surface area contributed by atoms with Gasteiger partial charge < -0.3 is 0 Å². The maximum atomic E-state index is 6.74. The molecule has 2 aromatic heterocycles. The van der Waals surface area contributed by atoms with Crippen molar-refractivity contribution in [2.24, 2.45) is 0 Å². The van der Waals surface area contributed by atoms with Gasteiger partial charge in [0.05, 0.1) is 0 Å². The van der Waals surface area contributed by atoms with Crippen LogP contribution in [-0.2, 0) is 6.42 Å². The average Bonchev–Trinajstić information content (AvgIpc) is 3.69. The number of rotatable bonds is 26. The topological polar surface area (TPSA) is 18.5 Å². The van der Waals surface area contributed by atoms with E-state index in [2.05, 4.69) is 77.2 Å². The van der Waals surface area contributed by atoms with Gasteiger partial charge in [-0.15, -0.1) is 0 Å². The monoisotopic (exact) mass is 888 g/mol. The van der Waals surface area contributed by atoms with E-state index in [1.165, 1.54) is 133 Å². The van der Waals surface area contributed by atoms with Gasteiger partial charge in [0.25, 0.3) is 0 Å². The Labute approximate surface area is 302 Å². The van der Waals surface area contributed by atoms with E-state index in [4.69, 9.17) is 9.47 Å². The first kappa shape index (κ1) is 41.0. The van der Waals surface area contributed by atoms with Gasteiger partial charge in [0.2, 0.25) is 0 Å². The molecule has 0 fully saturated rings. The number of ether oxygens (including phenoxy) is 2. The molecular formula is C40H72O2S2Sn2. The summed E-state index contributed by atoms with van der Waals surface area (Å²) in [7, 11) is 0. The van der Waals surface area contributed by atoms with Crippen molar-refractivity contribution in [3.63, 3.8) is 0 Å². The fraction of sp³-hybridized carbons (Fsp3) is 0.800. The van der Waals surface area contributed by atoms with Crippen LogP contribution in [0.1, 0.15) is 157 Å². The summed E-state index contributed by atoms with van der Waals surface area (Å²) in [5.74, 6) is 2.39. The summed E-state index contributed by atoms with van der Waals surface area (Å²) >= 11 is -0.815.